The minimum atomic E-state index is -0.280. The topological polar surface area (TPSA) is 44.8 Å². The number of nitrogens with one attached hydrogen (secondary N) is 1. The summed E-state index contributed by atoms with van der Waals surface area (Å²) in [5.74, 6) is 2.28. The predicted octanol–water partition coefficient (Wildman–Crippen LogP) is 5.04. The number of hydrogen-bond acceptors (Lipinski definition) is 5. The van der Waals surface area contributed by atoms with Gasteiger partial charge in [0.25, 0.3) is 0 Å². The Hall–Kier alpha value is -3.22. The molecule has 0 radical (unpaired) electrons. The molecule has 8 heteroatoms. The molecule has 3 aromatic carbocycles. The van der Waals surface area contributed by atoms with Crippen LogP contribution in [0.25, 0.3) is 0 Å². The van der Waals surface area contributed by atoms with Crippen LogP contribution < -0.4 is 10.1 Å². The molecule has 0 amide bonds. The summed E-state index contributed by atoms with van der Waals surface area (Å²) in [6.07, 6.45) is 0.657. The molecule has 0 aliphatic carbocycles. The second-order valence-corrected chi connectivity index (χ2v) is 9.12. The van der Waals surface area contributed by atoms with Gasteiger partial charge in [0.15, 0.2) is 6.73 Å². The first-order valence-electron chi connectivity index (χ1n) is 11.8. The highest BCUT2D eigenvalue weighted by molar-refractivity contribution is 6.30. The second-order valence-electron chi connectivity index (χ2n) is 8.68. The molecule has 1 atom stereocenters. The smallest absolute Gasteiger partial charge is 0.161 e. The molecule has 188 valence electrons. The van der Waals surface area contributed by atoms with Crippen molar-refractivity contribution in [3.63, 3.8) is 0 Å². The first-order valence-corrected chi connectivity index (χ1v) is 12.2. The molecule has 0 saturated carbocycles. The van der Waals surface area contributed by atoms with E-state index < -0.39 is 0 Å². The van der Waals surface area contributed by atoms with Crippen LogP contribution in [0.5, 0.6) is 5.75 Å². The van der Waals surface area contributed by atoms with Gasteiger partial charge < -0.3 is 15.0 Å². The third-order valence-electron chi connectivity index (χ3n) is 6.20. The zero-order chi connectivity index (χ0) is 25.3. The Bertz CT molecular complexity index is 1170. The maximum absolute atomic E-state index is 13.4. The molecule has 1 fully saturated rings. The van der Waals surface area contributed by atoms with Crippen LogP contribution in [0.15, 0.2) is 78.5 Å². The van der Waals surface area contributed by atoms with Crippen molar-refractivity contribution in [3.8, 4) is 5.75 Å². The lowest BCUT2D eigenvalue weighted by Gasteiger charge is -2.42. The normalized spacial score (nSPS) is 16.1. The molecule has 1 N–H and O–H groups in total. The van der Waals surface area contributed by atoms with Gasteiger partial charge >= 0.3 is 0 Å². The first-order chi connectivity index (χ1) is 17.5. The first kappa shape index (κ1) is 25.9. The summed E-state index contributed by atoms with van der Waals surface area (Å²) in [5.41, 5.74) is 2.48. The van der Waals surface area contributed by atoms with Gasteiger partial charge in [-0.1, -0.05) is 35.9 Å². The third kappa shape index (κ3) is 7.15. The van der Waals surface area contributed by atoms with Crippen molar-refractivity contribution in [1.29, 1.82) is 0 Å². The van der Waals surface area contributed by atoms with Crippen molar-refractivity contribution in [2.75, 3.05) is 26.4 Å². The van der Waals surface area contributed by atoms with Crippen molar-refractivity contribution in [2.24, 2.45) is 0 Å². The Morgan fingerprint density at radius 3 is 2.19 bits per heavy atom. The summed E-state index contributed by atoms with van der Waals surface area (Å²) in [7, 11) is 0. The Morgan fingerprint density at radius 1 is 0.917 bits per heavy atom. The summed E-state index contributed by atoms with van der Waals surface area (Å²) < 4.78 is 32.5. The van der Waals surface area contributed by atoms with E-state index in [1.807, 2.05) is 4.90 Å². The molecular weight excluding hydrogens is 484 g/mol. The van der Waals surface area contributed by atoms with E-state index in [2.05, 4.69) is 16.2 Å². The molecule has 1 saturated heterocycles. The number of nitrogens with zero attached hydrogens (tertiary/aromatic N) is 2. The summed E-state index contributed by atoms with van der Waals surface area (Å²) in [4.78, 5) is 16.3. The van der Waals surface area contributed by atoms with Crippen molar-refractivity contribution in [3.05, 3.63) is 106 Å². The van der Waals surface area contributed by atoms with E-state index in [9.17, 15) is 13.6 Å². The van der Waals surface area contributed by atoms with Gasteiger partial charge in [-0.05, 0) is 72.6 Å². The van der Waals surface area contributed by atoms with Gasteiger partial charge in [-0.2, -0.15) is 0 Å². The van der Waals surface area contributed by atoms with E-state index in [0.29, 0.717) is 55.6 Å². The monoisotopic (exact) mass is 511 g/mol. The molecule has 0 aromatic heterocycles. The molecule has 1 aliphatic heterocycles. The molecule has 0 spiro atoms. The molecule has 1 unspecified atom stereocenters. The summed E-state index contributed by atoms with van der Waals surface area (Å²) in [6, 6.07) is 19.7. The average molecular weight is 512 g/mol. The highest BCUT2D eigenvalue weighted by Crippen LogP contribution is 2.25. The van der Waals surface area contributed by atoms with Crippen LogP contribution in [0, 0.1) is 11.6 Å². The van der Waals surface area contributed by atoms with Gasteiger partial charge in [-0.25, -0.2) is 13.6 Å². The van der Waals surface area contributed by atoms with Crippen molar-refractivity contribution in [2.45, 2.75) is 25.6 Å². The van der Waals surface area contributed by atoms with Crippen LogP contribution in [-0.2, 0) is 17.9 Å². The molecule has 0 bridgehead atoms. The van der Waals surface area contributed by atoms with E-state index in [4.69, 9.17) is 16.3 Å². The number of ether oxygens (including phenoxy) is 1. The number of hydrogen-bond donors (Lipinski definition) is 1. The Kier molecular flexibility index (Phi) is 9.09. The number of benzene rings is 3. The van der Waals surface area contributed by atoms with E-state index >= 15 is 0 Å². The third-order valence-corrected chi connectivity index (χ3v) is 6.45. The summed E-state index contributed by atoms with van der Waals surface area (Å²) in [5, 5.41) is 4.00. The Morgan fingerprint density at radius 2 is 1.56 bits per heavy atom. The van der Waals surface area contributed by atoms with Crippen LogP contribution in [0.4, 0.5) is 8.78 Å². The number of rotatable bonds is 10. The molecule has 1 aliphatic rings. The van der Waals surface area contributed by atoms with Gasteiger partial charge in [-0.3, -0.25) is 4.90 Å². The van der Waals surface area contributed by atoms with Gasteiger partial charge in [0, 0.05) is 31.2 Å². The van der Waals surface area contributed by atoms with Crippen LogP contribution in [0.2, 0.25) is 5.02 Å². The van der Waals surface area contributed by atoms with E-state index in [-0.39, 0.29) is 24.4 Å². The lowest BCUT2D eigenvalue weighted by Crippen LogP contribution is -2.52. The van der Waals surface area contributed by atoms with Gasteiger partial charge in [0.05, 0.1) is 6.04 Å². The fraction of sp³-hybridized carbons (Fsp3) is 0.286. The molecule has 4 rings (SSSR count). The molecular formula is C28H28ClF2N3O2. The van der Waals surface area contributed by atoms with E-state index in [1.165, 1.54) is 24.3 Å². The standard InChI is InChI=1S/C28H28ClF2N3O2/c29-23-5-11-26(12-6-23)36-20-34-16-15-33(18-22-3-9-25(31)10-4-22)27(28(34)19-35)13-14-32-17-21-1-7-24(30)8-2-21/h1-12,27,32H,13-18,20H2. The lowest BCUT2D eigenvalue weighted by molar-refractivity contribution is 0.0642. The summed E-state index contributed by atoms with van der Waals surface area (Å²) in [6.45, 7) is 3.33. The van der Waals surface area contributed by atoms with E-state index in [1.54, 1.807) is 48.5 Å². The maximum Gasteiger partial charge on any atom is 0.161 e. The lowest BCUT2D eigenvalue weighted by atomic mass is 10.0. The molecule has 5 nitrogen and oxygen atoms in total. The summed E-state index contributed by atoms with van der Waals surface area (Å²) >= 11 is 5.95. The largest absolute Gasteiger partial charge is 0.473 e. The molecule has 1 heterocycles. The van der Waals surface area contributed by atoms with Gasteiger partial charge in [0.1, 0.15) is 29.0 Å². The number of halogens is 3. The van der Waals surface area contributed by atoms with Crippen LogP contribution in [0.3, 0.4) is 0 Å². The fourth-order valence-corrected chi connectivity index (χ4v) is 4.39. The van der Waals surface area contributed by atoms with Crippen LogP contribution in [0.1, 0.15) is 17.5 Å². The fourth-order valence-electron chi connectivity index (χ4n) is 4.27. The highest BCUT2D eigenvalue weighted by atomic mass is 35.5. The second kappa shape index (κ2) is 12.7. The van der Waals surface area contributed by atoms with E-state index in [0.717, 1.165) is 11.1 Å². The molecule has 3 aromatic rings. The maximum atomic E-state index is 13.4. The van der Waals surface area contributed by atoms with Gasteiger partial charge in [-0.15, -0.1) is 0 Å². The van der Waals surface area contributed by atoms with Crippen LogP contribution in [-0.4, -0.2) is 48.1 Å². The number of carbonyl (C=O) groups excluding carboxylic acids is 1. The van der Waals surface area contributed by atoms with Crippen LogP contribution >= 0.6 is 11.6 Å². The minimum absolute atomic E-state index is 0.198. The zero-order valence-electron chi connectivity index (χ0n) is 19.8. The quantitative estimate of drug-likeness (QED) is 0.305. The zero-order valence-corrected chi connectivity index (χ0v) is 20.6. The highest BCUT2D eigenvalue weighted by Gasteiger charge is 2.32. The minimum Gasteiger partial charge on any atom is -0.473 e. The van der Waals surface area contributed by atoms with Gasteiger partial charge in [0.2, 0.25) is 0 Å². The predicted molar refractivity (Wildman–Crippen MR) is 136 cm³/mol. The number of piperazine rings is 1. The average Bonchev–Trinajstić information content (AvgIpc) is 2.89. The Labute approximate surface area is 214 Å². The Balaban J connectivity index is 1.42. The molecule has 36 heavy (non-hydrogen) atoms. The van der Waals surface area contributed by atoms with Crippen molar-refractivity contribution < 1.29 is 18.3 Å². The van der Waals surface area contributed by atoms with Crippen molar-refractivity contribution in [1.82, 2.24) is 15.1 Å². The SMILES string of the molecule is O=C=C1C(CCNCc2ccc(F)cc2)N(Cc2ccc(F)cc2)CCN1COc1ccc(Cl)cc1. The van der Waals surface area contributed by atoms with Crippen molar-refractivity contribution >= 4 is 17.5 Å².